The largest absolute Gasteiger partial charge is 0.394 e. The minimum absolute atomic E-state index is 0.264. The molecule has 0 amide bonds. The molecule has 1 aromatic rings. The molecule has 0 fully saturated rings. The molecule has 2 N–H and O–H groups in total. The van der Waals surface area contributed by atoms with Crippen LogP contribution in [0.15, 0.2) is 6.33 Å². The first-order valence-electron chi connectivity index (χ1n) is 4.50. The average molecular weight is 210 g/mol. The SMILES string of the molecule is CCCCC#Cc1ncnc(Cl)c1N. The Balaban J connectivity index is 2.74. The van der Waals surface area contributed by atoms with Gasteiger partial charge in [0, 0.05) is 6.42 Å². The molecule has 0 aliphatic carbocycles. The van der Waals surface area contributed by atoms with Gasteiger partial charge >= 0.3 is 0 Å². The third kappa shape index (κ3) is 2.90. The lowest BCUT2D eigenvalue weighted by Crippen LogP contribution is -1.96. The predicted octanol–water partition coefficient (Wildman–Crippen LogP) is 2.25. The van der Waals surface area contributed by atoms with E-state index in [2.05, 4.69) is 28.7 Å². The van der Waals surface area contributed by atoms with Crippen LogP contribution in [0.25, 0.3) is 0 Å². The van der Waals surface area contributed by atoms with E-state index in [-0.39, 0.29) is 5.15 Å². The Labute approximate surface area is 88.7 Å². The quantitative estimate of drug-likeness (QED) is 0.462. The third-order valence-electron chi connectivity index (χ3n) is 1.70. The zero-order valence-corrected chi connectivity index (χ0v) is 8.80. The number of nitrogens with two attached hydrogens (primary N) is 1. The van der Waals surface area contributed by atoms with Gasteiger partial charge in [0.2, 0.25) is 0 Å². The summed E-state index contributed by atoms with van der Waals surface area (Å²) in [6.07, 6.45) is 4.44. The molecule has 14 heavy (non-hydrogen) atoms. The molecule has 0 aliphatic rings. The van der Waals surface area contributed by atoms with E-state index in [4.69, 9.17) is 17.3 Å². The molecule has 0 atom stereocenters. The second-order valence-corrected chi connectivity index (χ2v) is 3.19. The van der Waals surface area contributed by atoms with E-state index in [1.807, 2.05) is 0 Å². The van der Waals surface area contributed by atoms with Gasteiger partial charge in [-0.05, 0) is 12.3 Å². The number of aromatic nitrogens is 2. The molecule has 0 unspecified atom stereocenters. The standard InChI is InChI=1S/C10H12ClN3/c1-2-3-4-5-6-8-9(12)10(11)14-7-13-8/h7H,2-4,12H2,1H3. The van der Waals surface area contributed by atoms with Gasteiger partial charge in [0.1, 0.15) is 17.7 Å². The van der Waals surface area contributed by atoms with Crippen LogP contribution in [0.4, 0.5) is 5.69 Å². The summed E-state index contributed by atoms with van der Waals surface area (Å²) in [5, 5.41) is 0.264. The summed E-state index contributed by atoms with van der Waals surface area (Å²) < 4.78 is 0. The van der Waals surface area contributed by atoms with Gasteiger partial charge in [-0.15, -0.1) is 0 Å². The second-order valence-electron chi connectivity index (χ2n) is 2.83. The molecule has 0 aliphatic heterocycles. The number of anilines is 1. The highest BCUT2D eigenvalue weighted by atomic mass is 35.5. The number of rotatable bonds is 2. The van der Waals surface area contributed by atoms with E-state index in [1.54, 1.807) is 0 Å². The van der Waals surface area contributed by atoms with Gasteiger partial charge in [0.05, 0.1) is 0 Å². The van der Waals surface area contributed by atoms with Crippen molar-refractivity contribution >= 4 is 17.3 Å². The molecule has 0 aromatic carbocycles. The lowest BCUT2D eigenvalue weighted by Gasteiger charge is -1.96. The number of nitrogen functional groups attached to an aromatic ring is 1. The minimum atomic E-state index is 0.264. The first kappa shape index (κ1) is 10.8. The molecule has 3 nitrogen and oxygen atoms in total. The fraction of sp³-hybridized carbons (Fsp3) is 0.400. The molecule has 0 saturated heterocycles. The first-order chi connectivity index (χ1) is 6.75. The Morgan fingerprint density at radius 2 is 2.29 bits per heavy atom. The van der Waals surface area contributed by atoms with Crippen LogP contribution >= 0.6 is 11.6 Å². The normalized spacial score (nSPS) is 9.29. The second kappa shape index (κ2) is 5.46. The van der Waals surface area contributed by atoms with E-state index >= 15 is 0 Å². The zero-order valence-electron chi connectivity index (χ0n) is 8.05. The first-order valence-corrected chi connectivity index (χ1v) is 4.88. The summed E-state index contributed by atoms with van der Waals surface area (Å²) >= 11 is 5.71. The topological polar surface area (TPSA) is 51.8 Å². The molecule has 0 radical (unpaired) electrons. The van der Waals surface area contributed by atoms with Crippen molar-refractivity contribution in [2.45, 2.75) is 26.2 Å². The number of hydrogen-bond acceptors (Lipinski definition) is 3. The molecule has 0 bridgehead atoms. The number of halogens is 1. The Kier molecular flexibility index (Phi) is 4.21. The summed E-state index contributed by atoms with van der Waals surface area (Å²) in [4.78, 5) is 7.69. The summed E-state index contributed by atoms with van der Waals surface area (Å²) in [7, 11) is 0. The number of nitrogens with zero attached hydrogens (tertiary/aromatic N) is 2. The maximum absolute atomic E-state index is 5.71. The van der Waals surface area contributed by atoms with Crippen LogP contribution in [0.2, 0.25) is 5.15 Å². The van der Waals surface area contributed by atoms with E-state index in [1.165, 1.54) is 6.33 Å². The monoisotopic (exact) mass is 209 g/mol. The molecule has 1 heterocycles. The van der Waals surface area contributed by atoms with Crippen LogP contribution in [-0.4, -0.2) is 9.97 Å². The zero-order chi connectivity index (χ0) is 10.4. The van der Waals surface area contributed by atoms with Gasteiger partial charge in [-0.1, -0.05) is 30.9 Å². The Morgan fingerprint density at radius 1 is 1.50 bits per heavy atom. The lowest BCUT2D eigenvalue weighted by molar-refractivity contribution is 0.828. The summed E-state index contributed by atoms with van der Waals surface area (Å²) in [6.45, 7) is 2.12. The minimum Gasteiger partial charge on any atom is -0.394 e. The Hall–Kier alpha value is -1.27. The van der Waals surface area contributed by atoms with Crippen LogP contribution < -0.4 is 5.73 Å². The van der Waals surface area contributed by atoms with Crippen LogP contribution in [0.5, 0.6) is 0 Å². The third-order valence-corrected chi connectivity index (χ3v) is 2.00. The van der Waals surface area contributed by atoms with Crippen LogP contribution in [0, 0.1) is 11.8 Å². The maximum Gasteiger partial charge on any atom is 0.156 e. The summed E-state index contributed by atoms with van der Waals surface area (Å²) in [5.74, 6) is 5.87. The number of hydrogen-bond donors (Lipinski definition) is 1. The van der Waals surface area contributed by atoms with Crippen molar-refractivity contribution in [3.63, 3.8) is 0 Å². The maximum atomic E-state index is 5.71. The highest BCUT2D eigenvalue weighted by Crippen LogP contribution is 2.16. The number of unbranched alkanes of at least 4 members (excludes halogenated alkanes) is 2. The fourth-order valence-electron chi connectivity index (χ4n) is 0.885. The lowest BCUT2D eigenvalue weighted by atomic mass is 10.2. The molecule has 4 heteroatoms. The van der Waals surface area contributed by atoms with Crippen LogP contribution in [0.3, 0.4) is 0 Å². The smallest absolute Gasteiger partial charge is 0.156 e. The van der Waals surface area contributed by atoms with Crippen molar-refractivity contribution in [2.24, 2.45) is 0 Å². The predicted molar refractivity (Wildman–Crippen MR) is 57.9 cm³/mol. The van der Waals surface area contributed by atoms with Gasteiger partial charge < -0.3 is 5.73 Å². The molecule has 0 spiro atoms. The van der Waals surface area contributed by atoms with E-state index in [9.17, 15) is 0 Å². The molecular formula is C10H12ClN3. The highest BCUT2D eigenvalue weighted by Gasteiger charge is 2.01. The van der Waals surface area contributed by atoms with Crippen LogP contribution in [0.1, 0.15) is 31.9 Å². The van der Waals surface area contributed by atoms with Gasteiger partial charge in [0.15, 0.2) is 5.15 Å². The molecule has 0 saturated carbocycles. The van der Waals surface area contributed by atoms with Gasteiger partial charge in [-0.25, -0.2) is 9.97 Å². The summed E-state index contributed by atoms with van der Waals surface area (Å²) in [6, 6.07) is 0. The van der Waals surface area contributed by atoms with Crippen molar-refractivity contribution in [1.29, 1.82) is 0 Å². The van der Waals surface area contributed by atoms with E-state index < -0.39 is 0 Å². The Morgan fingerprint density at radius 3 is 3.00 bits per heavy atom. The Bertz CT molecular complexity index is 365. The van der Waals surface area contributed by atoms with Crippen molar-refractivity contribution < 1.29 is 0 Å². The summed E-state index contributed by atoms with van der Waals surface area (Å²) in [5.41, 5.74) is 6.51. The van der Waals surface area contributed by atoms with E-state index in [0.717, 1.165) is 19.3 Å². The molecule has 74 valence electrons. The van der Waals surface area contributed by atoms with Gasteiger partial charge in [-0.3, -0.25) is 0 Å². The van der Waals surface area contributed by atoms with Gasteiger partial charge in [-0.2, -0.15) is 0 Å². The molecular weight excluding hydrogens is 198 g/mol. The molecule has 1 rings (SSSR count). The van der Waals surface area contributed by atoms with Crippen molar-refractivity contribution in [3.8, 4) is 11.8 Å². The fourth-order valence-corrected chi connectivity index (χ4v) is 1.02. The molecule has 1 aromatic heterocycles. The van der Waals surface area contributed by atoms with Crippen molar-refractivity contribution in [1.82, 2.24) is 9.97 Å². The van der Waals surface area contributed by atoms with Gasteiger partial charge in [0.25, 0.3) is 0 Å². The van der Waals surface area contributed by atoms with Crippen molar-refractivity contribution in [2.75, 3.05) is 5.73 Å². The van der Waals surface area contributed by atoms with Crippen molar-refractivity contribution in [3.05, 3.63) is 17.2 Å². The van der Waals surface area contributed by atoms with Crippen LogP contribution in [-0.2, 0) is 0 Å². The van der Waals surface area contributed by atoms with E-state index in [0.29, 0.717) is 11.4 Å². The average Bonchev–Trinajstić information content (AvgIpc) is 2.19. The highest BCUT2D eigenvalue weighted by molar-refractivity contribution is 6.31.